The van der Waals surface area contributed by atoms with Crippen molar-refractivity contribution in [1.82, 2.24) is 4.90 Å². The number of carbonyl (C=O) groups excluding carboxylic acids is 1. The number of carbonyl (C=O) groups is 1. The van der Waals surface area contributed by atoms with Crippen molar-refractivity contribution in [1.29, 1.82) is 0 Å². The second-order valence-corrected chi connectivity index (χ2v) is 7.65. The van der Waals surface area contributed by atoms with Crippen LogP contribution in [0.15, 0.2) is 24.3 Å². The van der Waals surface area contributed by atoms with Gasteiger partial charge in [-0.15, -0.1) is 0 Å². The van der Waals surface area contributed by atoms with Gasteiger partial charge in [0.05, 0.1) is 20.3 Å². The number of rotatable bonds is 3. The largest absolute Gasteiger partial charge is 0.497 e. The number of fused-ring (bicyclic) bond motifs is 2. The predicted octanol–water partition coefficient (Wildman–Crippen LogP) is 4.26. The van der Waals surface area contributed by atoms with Crippen molar-refractivity contribution in [3.8, 4) is 11.5 Å². The van der Waals surface area contributed by atoms with Crippen molar-refractivity contribution in [3.05, 3.63) is 29.8 Å². The number of nitrogens with zero attached hydrogens (tertiary/aromatic N) is 1. The highest BCUT2D eigenvalue weighted by molar-refractivity contribution is 5.77. The molecule has 0 aromatic heterocycles. The monoisotopic (exact) mass is 345 g/mol. The lowest BCUT2D eigenvalue weighted by molar-refractivity contribution is 0.0175. The molecule has 2 bridgehead atoms. The molecule has 2 aliphatic rings. The van der Waals surface area contributed by atoms with Crippen LogP contribution < -0.4 is 9.47 Å². The van der Waals surface area contributed by atoms with Gasteiger partial charge < -0.3 is 14.2 Å². The van der Waals surface area contributed by atoms with E-state index in [0.29, 0.717) is 0 Å². The quantitative estimate of drug-likeness (QED) is 0.821. The zero-order valence-corrected chi connectivity index (χ0v) is 15.7. The van der Waals surface area contributed by atoms with Crippen LogP contribution in [0.3, 0.4) is 0 Å². The summed E-state index contributed by atoms with van der Waals surface area (Å²) < 4.78 is 16.4. The van der Waals surface area contributed by atoms with E-state index in [1.807, 2.05) is 43.9 Å². The summed E-state index contributed by atoms with van der Waals surface area (Å²) >= 11 is 0. The zero-order valence-electron chi connectivity index (χ0n) is 15.7. The van der Waals surface area contributed by atoms with Crippen LogP contribution in [-0.4, -0.2) is 42.9 Å². The lowest BCUT2D eigenvalue weighted by atomic mass is 9.94. The molecule has 25 heavy (non-hydrogen) atoms. The maximum Gasteiger partial charge on any atom is 0.411 e. The van der Waals surface area contributed by atoms with Crippen molar-refractivity contribution < 1.29 is 19.0 Å². The summed E-state index contributed by atoms with van der Waals surface area (Å²) in [6.07, 6.45) is 4.78. The third-order valence-corrected chi connectivity index (χ3v) is 4.75. The van der Waals surface area contributed by atoms with Gasteiger partial charge in [0, 0.05) is 17.7 Å². The topological polar surface area (TPSA) is 48.0 Å². The normalized spacial score (nSPS) is 22.4. The Labute approximate surface area is 149 Å². The van der Waals surface area contributed by atoms with Crippen LogP contribution >= 0.6 is 0 Å². The zero-order chi connectivity index (χ0) is 18.2. The fourth-order valence-electron chi connectivity index (χ4n) is 3.69. The molecular formula is C20H27NO4. The maximum absolute atomic E-state index is 12.6. The Morgan fingerprint density at radius 2 is 1.92 bits per heavy atom. The second kappa shape index (κ2) is 6.62. The van der Waals surface area contributed by atoms with Gasteiger partial charge in [-0.25, -0.2) is 4.79 Å². The SMILES string of the molecule is COc1ccc(C2=CC3CCC(C2)N3C(=O)OC(C)(C)C)c(OC)c1. The lowest BCUT2D eigenvalue weighted by Gasteiger charge is -2.35. The molecule has 0 spiro atoms. The highest BCUT2D eigenvalue weighted by Gasteiger charge is 2.41. The van der Waals surface area contributed by atoms with Crippen LogP contribution in [0.2, 0.25) is 0 Å². The van der Waals surface area contributed by atoms with Crippen molar-refractivity contribution in [2.24, 2.45) is 0 Å². The summed E-state index contributed by atoms with van der Waals surface area (Å²) in [5, 5.41) is 0. The van der Waals surface area contributed by atoms with E-state index in [0.717, 1.165) is 36.3 Å². The van der Waals surface area contributed by atoms with Gasteiger partial charge in [0.15, 0.2) is 0 Å². The molecule has 136 valence electrons. The van der Waals surface area contributed by atoms with Gasteiger partial charge in [0.2, 0.25) is 0 Å². The molecule has 0 saturated carbocycles. The molecule has 3 rings (SSSR count). The summed E-state index contributed by atoms with van der Waals surface area (Å²) in [7, 11) is 3.32. The highest BCUT2D eigenvalue weighted by Crippen LogP contribution is 2.42. The number of methoxy groups -OCH3 is 2. The molecule has 0 aliphatic carbocycles. The van der Waals surface area contributed by atoms with Gasteiger partial charge in [-0.2, -0.15) is 0 Å². The van der Waals surface area contributed by atoms with Crippen LogP contribution in [0.25, 0.3) is 5.57 Å². The van der Waals surface area contributed by atoms with Crippen LogP contribution in [0.5, 0.6) is 11.5 Å². The van der Waals surface area contributed by atoms with E-state index in [2.05, 4.69) is 6.08 Å². The molecule has 1 fully saturated rings. The summed E-state index contributed by atoms with van der Waals surface area (Å²) in [5.41, 5.74) is 1.83. The Bertz CT molecular complexity index is 689. The minimum Gasteiger partial charge on any atom is -0.497 e. The summed E-state index contributed by atoms with van der Waals surface area (Å²) in [6, 6.07) is 6.16. The van der Waals surface area contributed by atoms with E-state index in [1.165, 1.54) is 5.57 Å². The second-order valence-electron chi connectivity index (χ2n) is 7.65. The molecular weight excluding hydrogens is 318 g/mol. The number of hydrogen-bond donors (Lipinski definition) is 0. The highest BCUT2D eigenvalue weighted by atomic mass is 16.6. The van der Waals surface area contributed by atoms with Crippen LogP contribution in [0.1, 0.15) is 45.6 Å². The number of benzene rings is 1. The van der Waals surface area contributed by atoms with Crippen molar-refractivity contribution in [2.45, 2.75) is 57.7 Å². The van der Waals surface area contributed by atoms with E-state index in [1.54, 1.807) is 14.2 Å². The number of amides is 1. The molecule has 2 aliphatic heterocycles. The van der Waals surface area contributed by atoms with Crippen LogP contribution in [0.4, 0.5) is 4.79 Å². The molecule has 2 unspecified atom stereocenters. The smallest absolute Gasteiger partial charge is 0.411 e. The average molecular weight is 345 g/mol. The first-order valence-electron chi connectivity index (χ1n) is 8.77. The van der Waals surface area contributed by atoms with Gasteiger partial charge in [0.25, 0.3) is 0 Å². The van der Waals surface area contributed by atoms with Gasteiger partial charge in [0.1, 0.15) is 17.1 Å². The van der Waals surface area contributed by atoms with E-state index >= 15 is 0 Å². The molecule has 1 aromatic rings. The lowest BCUT2D eigenvalue weighted by Crippen LogP contribution is -2.45. The predicted molar refractivity (Wildman–Crippen MR) is 97.0 cm³/mol. The number of ether oxygens (including phenoxy) is 3. The molecule has 5 heteroatoms. The Kier molecular flexibility index (Phi) is 4.67. The molecule has 1 aromatic carbocycles. The molecule has 1 saturated heterocycles. The molecule has 1 amide bonds. The van der Waals surface area contributed by atoms with Crippen molar-refractivity contribution in [2.75, 3.05) is 14.2 Å². The Morgan fingerprint density at radius 3 is 2.52 bits per heavy atom. The van der Waals surface area contributed by atoms with Gasteiger partial charge in [-0.1, -0.05) is 6.08 Å². The minimum atomic E-state index is -0.473. The summed E-state index contributed by atoms with van der Waals surface area (Å²) in [5.74, 6) is 1.58. The Hall–Kier alpha value is -2.17. The third-order valence-electron chi connectivity index (χ3n) is 4.75. The van der Waals surface area contributed by atoms with E-state index in [-0.39, 0.29) is 18.2 Å². The standard InChI is InChI=1S/C20H27NO4/c1-20(2,3)25-19(22)21-14-6-7-15(21)11-13(10-14)17-9-8-16(23-4)12-18(17)24-5/h8-10,12,14-15H,6-7,11H2,1-5H3. The maximum atomic E-state index is 12.6. The third kappa shape index (κ3) is 3.60. The molecule has 2 atom stereocenters. The fraction of sp³-hybridized carbons (Fsp3) is 0.550. The van der Waals surface area contributed by atoms with E-state index < -0.39 is 5.60 Å². The Morgan fingerprint density at radius 1 is 1.16 bits per heavy atom. The summed E-state index contributed by atoms with van der Waals surface area (Å²) in [6.45, 7) is 5.71. The average Bonchev–Trinajstić information content (AvgIpc) is 2.83. The van der Waals surface area contributed by atoms with Crippen LogP contribution in [0, 0.1) is 0 Å². The van der Waals surface area contributed by atoms with Crippen molar-refractivity contribution >= 4 is 11.7 Å². The number of hydrogen-bond acceptors (Lipinski definition) is 4. The Balaban J connectivity index is 1.86. The fourth-order valence-corrected chi connectivity index (χ4v) is 3.69. The summed E-state index contributed by atoms with van der Waals surface area (Å²) in [4.78, 5) is 14.5. The molecule has 2 heterocycles. The molecule has 0 N–H and O–H groups in total. The first kappa shape index (κ1) is 17.6. The minimum absolute atomic E-state index is 0.0930. The first-order valence-corrected chi connectivity index (χ1v) is 8.77. The van der Waals surface area contributed by atoms with Gasteiger partial charge in [-0.05, 0) is 57.7 Å². The van der Waals surface area contributed by atoms with Crippen LogP contribution in [-0.2, 0) is 4.74 Å². The van der Waals surface area contributed by atoms with Gasteiger partial charge in [-0.3, -0.25) is 4.90 Å². The van der Waals surface area contributed by atoms with E-state index in [4.69, 9.17) is 14.2 Å². The molecule has 5 nitrogen and oxygen atoms in total. The first-order chi connectivity index (χ1) is 11.8. The van der Waals surface area contributed by atoms with E-state index in [9.17, 15) is 4.79 Å². The van der Waals surface area contributed by atoms with Gasteiger partial charge >= 0.3 is 6.09 Å². The van der Waals surface area contributed by atoms with Crippen molar-refractivity contribution in [3.63, 3.8) is 0 Å². The molecule has 0 radical (unpaired) electrons.